The van der Waals surface area contributed by atoms with Crippen LogP contribution in [0, 0.1) is 34.0 Å². The normalized spacial score (nSPS) is 18.4. The molecule has 0 fully saturated rings. The van der Waals surface area contributed by atoms with Gasteiger partial charge in [0.15, 0.2) is 0 Å². The van der Waals surface area contributed by atoms with Gasteiger partial charge < -0.3 is 0 Å². The fraction of sp³-hybridized carbons (Fsp3) is 1.00. The zero-order valence-corrected chi connectivity index (χ0v) is 16.4. The van der Waals surface area contributed by atoms with Crippen molar-refractivity contribution in [3.8, 4) is 0 Å². The second-order valence-corrected chi connectivity index (χ2v) is 9.61. The van der Waals surface area contributed by atoms with E-state index in [1.165, 1.54) is 19.3 Å². The summed E-state index contributed by atoms with van der Waals surface area (Å²) in [6.07, 6.45) is 3.94. The highest BCUT2D eigenvalue weighted by atomic mass is 14.6. The predicted octanol–water partition coefficient (Wildman–Crippen LogP) is 7.18. The van der Waals surface area contributed by atoms with Crippen LogP contribution in [0.4, 0.5) is 0 Å². The maximum atomic E-state index is 2.53. The summed E-state index contributed by atoms with van der Waals surface area (Å²) in [6.45, 7) is 26.9. The molecule has 2 atom stereocenters. The molecule has 0 amide bonds. The molecule has 0 aliphatic carbocycles. The minimum atomic E-state index is 0.338. The van der Waals surface area contributed by atoms with Crippen molar-refractivity contribution in [2.24, 2.45) is 34.0 Å². The van der Waals surface area contributed by atoms with Crippen molar-refractivity contribution in [1.29, 1.82) is 0 Å². The van der Waals surface area contributed by atoms with Gasteiger partial charge in [-0.05, 0) is 46.8 Å². The largest absolute Gasteiger partial charge is 0.0651 e. The van der Waals surface area contributed by atoms with Crippen molar-refractivity contribution >= 4 is 0 Å². The first-order valence-corrected chi connectivity index (χ1v) is 8.81. The Kier molecular flexibility index (Phi) is 6.84. The lowest BCUT2D eigenvalue weighted by Gasteiger charge is -2.60. The van der Waals surface area contributed by atoms with Crippen LogP contribution in [0.3, 0.4) is 0 Å². The molecule has 2 unspecified atom stereocenters. The molecular weight excluding hydrogens is 240 g/mol. The second kappa shape index (κ2) is 6.84. The third-order valence-corrected chi connectivity index (χ3v) is 5.65. The van der Waals surface area contributed by atoms with E-state index in [0.717, 1.165) is 17.8 Å². The Morgan fingerprint density at radius 2 is 1.10 bits per heavy atom. The smallest absolute Gasteiger partial charge is 0.0170 e. The van der Waals surface area contributed by atoms with Crippen LogP contribution in [-0.2, 0) is 0 Å². The molecule has 0 bridgehead atoms. The first kappa shape index (κ1) is 20.0. The molecule has 0 radical (unpaired) electrons. The molecule has 0 heteroatoms. The molecule has 0 heterocycles. The van der Waals surface area contributed by atoms with Gasteiger partial charge in [-0.25, -0.2) is 0 Å². The van der Waals surface area contributed by atoms with Gasteiger partial charge in [-0.15, -0.1) is 0 Å². The van der Waals surface area contributed by atoms with Gasteiger partial charge in [-0.2, -0.15) is 0 Å². The van der Waals surface area contributed by atoms with Crippen molar-refractivity contribution in [3.05, 3.63) is 0 Å². The van der Waals surface area contributed by atoms with Crippen LogP contribution >= 0.6 is 0 Å². The van der Waals surface area contributed by atoms with Crippen LogP contribution in [0.1, 0.15) is 95.4 Å². The minimum Gasteiger partial charge on any atom is -0.0651 e. The van der Waals surface area contributed by atoms with Gasteiger partial charge in [0.05, 0.1) is 0 Å². The first-order valence-electron chi connectivity index (χ1n) is 8.81. The molecular formula is C20H42. The van der Waals surface area contributed by atoms with Crippen LogP contribution in [0.15, 0.2) is 0 Å². The molecule has 0 N–H and O–H groups in total. The molecule has 0 aromatic heterocycles. The number of hydrogen-bond donors (Lipinski definition) is 0. The maximum Gasteiger partial charge on any atom is -0.0170 e. The van der Waals surface area contributed by atoms with E-state index >= 15 is 0 Å². The average Bonchev–Trinajstić information content (AvgIpc) is 2.20. The van der Waals surface area contributed by atoms with Gasteiger partial charge in [0.1, 0.15) is 0 Å². The third-order valence-electron chi connectivity index (χ3n) is 5.65. The van der Waals surface area contributed by atoms with Crippen molar-refractivity contribution in [2.45, 2.75) is 95.4 Å². The van der Waals surface area contributed by atoms with E-state index < -0.39 is 0 Å². The van der Waals surface area contributed by atoms with Crippen molar-refractivity contribution in [2.75, 3.05) is 0 Å². The monoisotopic (exact) mass is 282 g/mol. The molecule has 0 saturated carbocycles. The molecule has 0 aromatic rings. The summed E-state index contributed by atoms with van der Waals surface area (Å²) in [5, 5.41) is 0. The first-order chi connectivity index (χ1) is 8.81. The van der Waals surface area contributed by atoms with Crippen molar-refractivity contribution in [1.82, 2.24) is 0 Å². The van der Waals surface area contributed by atoms with Gasteiger partial charge >= 0.3 is 0 Å². The average molecular weight is 283 g/mol. The Labute approximate surface area is 130 Å². The summed E-state index contributed by atoms with van der Waals surface area (Å²) in [7, 11) is 0. The van der Waals surface area contributed by atoms with Crippen LogP contribution < -0.4 is 0 Å². The third kappa shape index (κ3) is 4.01. The SMILES string of the molecule is CCC(C)C(CC(C)C)(C(C)(C)C)C(C)(C)CC(C)C. The summed E-state index contributed by atoms with van der Waals surface area (Å²) in [4.78, 5) is 0. The van der Waals surface area contributed by atoms with E-state index in [0.29, 0.717) is 16.2 Å². The molecule has 0 spiro atoms. The van der Waals surface area contributed by atoms with Gasteiger partial charge in [0.25, 0.3) is 0 Å². The Bertz CT molecular complexity index is 277. The molecule has 0 aliphatic rings. The van der Waals surface area contributed by atoms with Crippen LogP contribution in [-0.4, -0.2) is 0 Å². The molecule has 0 aliphatic heterocycles. The quantitative estimate of drug-likeness (QED) is 0.464. The highest BCUT2D eigenvalue weighted by Gasteiger charge is 2.54. The van der Waals surface area contributed by atoms with Gasteiger partial charge in [-0.1, -0.05) is 82.6 Å². The summed E-state index contributed by atoms with van der Waals surface area (Å²) >= 11 is 0. The lowest BCUT2D eigenvalue weighted by molar-refractivity contribution is -0.114. The van der Waals surface area contributed by atoms with E-state index in [4.69, 9.17) is 0 Å². The molecule has 0 saturated heterocycles. The topological polar surface area (TPSA) is 0 Å². The molecule has 122 valence electrons. The highest BCUT2D eigenvalue weighted by Crippen LogP contribution is 2.62. The van der Waals surface area contributed by atoms with Gasteiger partial charge in [0.2, 0.25) is 0 Å². The molecule has 0 aromatic carbocycles. The molecule has 0 nitrogen and oxygen atoms in total. The van der Waals surface area contributed by atoms with Crippen LogP contribution in [0.5, 0.6) is 0 Å². The highest BCUT2D eigenvalue weighted by molar-refractivity contribution is 5.03. The van der Waals surface area contributed by atoms with E-state index in [-0.39, 0.29) is 0 Å². The summed E-state index contributed by atoms with van der Waals surface area (Å²) in [5.74, 6) is 2.29. The minimum absolute atomic E-state index is 0.338. The van der Waals surface area contributed by atoms with Crippen LogP contribution in [0.25, 0.3) is 0 Å². The Morgan fingerprint density at radius 3 is 1.35 bits per heavy atom. The number of hydrogen-bond acceptors (Lipinski definition) is 0. The maximum absolute atomic E-state index is 2.53. The lowest BCUT2D eigenvalue weighted by atomic mass is 9.44. The predicted molar refractivity (Wildman–Crippen MR) is 94.0 cm³/mol. The van der Waals surface area contributed by atoms with Crippen molar-refractivity contribution < 1.29 is 0 Å². The zero-order chi connectivity index (χ0) is 16.4. The fourth-order valence-electron chi connectivity index (χ4n) is 5.40. The van der Waals surface area contributed by atoms with Crippen LogP contribution in [0.2, 0.25) is 0 Å². The molecule has 0 rings (SSSR count). The van der Waals surface area contributed by atoms with E-state index in [2.05, 4.69) is 76.2 Å². The second-order valence-electron chi connectivity index (χ2n) is 9.61. The Balaban J connectivity index is 5.98. The Hall–Kier alpha value is 0. The Morgan fingerprint density at radius 1 is 0.700 bits per heavy atom. The summed E-state index contributed by atoms with van der Waals surface area (Å²) < 4.78 is 0. The van der Waals surface area contributed by atoms with Gasteiger partial charge in [0, 0.05) is 0 Å². The van der Waals surface area contributed by atoms with Crippen molar-refractivity contribution in [3.63, 3.8) is 0 Å². The lowest BCUT2D eigenvalue weighted by Crippen LogP contribution is -2.53. The van der Waals surface area contributed by atoms with E-state index in [1.807, 2.05) is 0 Å². The zero-order valence-electron chi connectivity index (χ0n) is 16.4. The molecule has 20 heavy (non-hydrogen) atoms. The summed E-state index contributed by atoms with van der Waals surface area (Å²) in [5.41, 5.74) is 1.11. The summed E-state index contributed by atoms with van der Waals surface area (Å²) in [6, 6.07) is 0. The number of rotatable bonds is 7. The van der Waals surface area contributed by atoms with E-state index in [1.54, 1.807) is 0 Å². The fourth-order valence-corrected chi connectivity index (χ4v) is 5.40. The standard InChI is InChI=1S/C20H42/c1-12-17(6)20(14-16(4)5,18(7,8)9)19(10,11)13-15(2)3/h15-17H,12-14H2,1-11H3. The van der Waals surface area contributed by atoms with Gasteiger partial charge in [-0.3, -0.25) is 0 Å². The van der Waals surface area contributed by atoms with E-state index in [9.17, 15) is 0 Å².